The van der Waals surface area contributed by atoms with E-state index in [1.165, 1.54) is 0 Å². The molecule has 1 aromatic carbocycles. The smallest absolute Gasteiger partial charge is 0.324 e. The summed E-state index contributed by atoms with van der Waals surface area (Å²) in [4.78, 5) is 22.5. The van der Waals surface area contributed by atoms with Crippen LogP contribution in [0.1, 0.15) is 6.04 Å². The molecule has 1 unspecified atom stereocenters. The number of nitrogens with zero attached hydrogens (tertiary/aromatic N) is 7. The van der Waals surface area contributed by atoms with Crippen LogP contribution in [0.3, 0.4) is 0 Å². The molecule has 6 rings (SSSR count). The lowest BCUT2D eigenvalue weighted by Crippen LogP contribution is -2.52. The number of carbonyl (C=O) groups excluding carboxylic acids is 1. The van der Waals surface area contributed by atoms with Crippen LogP contribution < -0.4 is 4.90 Å². The van der Waals surface area contributed by atoms with Gasteiger partial charge in [0, 0.05) is 44.2 Å². The summed E-state index contributed by atoms with van der Waals surface area (Å²) in [6.45, 7) is 4.16. The van der Waals surface area contributed by atoms with Crippen molar-refractivity contribution in [3.63, 3.8) is 0 Å². The van der Waals surface area contributed by atoms with Crippen LogP contribution in [0.5, 0.6) is 0 Å². The highest BCUT2D eigenvalue weighted by atomic mass is 16.5. The summed E-state index contributed by atoms with van der Waals surface area (Å²) in [5.41, 5.74) is 1.94. The number of piperazine rings is 1. The number of carbonyl (C=O) groups is 1. The molecule has 3 saturated heterocycles. The number of fused-ring (bicyclic) bond motifs is 2. The first kappa shape index (κ1) is 16.8. The number of aromatic nitrogens is 4. The average Bonchev–Trinajstić information content (AvgIpc) is 3.39. The van der Waals surface area contributed by atoms with Gasteiger partial charge in [0.15, 0.2) is 0 Å². The molecule has 0 N–H and O–H groups in total. The number of hydrogen-bond donors (Lipinski definition) is 0. The number of anilines is 1. The molecule has 10 heteroatoms. The summed E-state index contributed by atoms with van der Waals surface area (Å²) >= 11 is 0. The monoisotopic (exact) mass is 395 g/mol. The second-order valence-corrected chi connectivity index (χ2v) is 7.91. The van der Waals surface area contributed by atoms with Crippen LogP contribution in [0.2, 0.25) is 0 Å². The third kappa shape index (κ3) is 2.59. The van der Waals surface area contributed by atoms with E-state index in [0.29, 0.717) is 44.7 Å². The number of amides is 2. The highest BCUT2D eigenvalue weighted by Crippen LogP contribution is 2.29. The second kappa shape index (κ2) is 6.18. The molecule has 0 bridgehead atoms. The lowest BCUT2D eigenvalue weighted by Gasteiger charge is -2.35. The van der Waals surface area contributed by atoms with E-state index in [4.69, 9.17) is 9.26 Å². The van der Waals surface area contributed by atoms with Crippen LogP contribution in [0, 0.1) is 0 Å². The van der Waals surface area contributed by atoms with Gasteiger partial charge in [-0.3, -0.25) is 4.68 Å². The number of likely N-dealkylation sites (N-methyl/N-ethyl adjacent to an activating group) is 1. The molecule has 2 amide bonds. The number of ether oxygens (including phenoxy) is 1. The van der Waals surface area contributed by atoms with Gasteiger partial charge < -0.3 is 24.0 Å². The fraction of sp³-hybridized carbons (Fsp3) is 0.474. The van der Waals surface area contributed by atoms with Gasteiger partial charge >= 0.3 is 12.0 Å². The zero-order valence-corrected chi connectivity index (χ0v) is 16.1. The Morgan fingerprint density at radius 3 is 2.86 bits per heavy atom. The molecule has 2 aromatic heterocycles. The third-order valence-corrected chi connectivity index (χ3v) is 6.05. The molecule has 3 aromatic rings. The molecular weight excluding hydrogens is 374 g/mol. The van der Waals surface area contributed by atoms with E-state index in [1.807, 2.05) is 35.0 Å². The van der Waals surface area contributed by atoms with Crippen molar-refractivity contribution in [1.29, 1.82) is 0 Å². The van der Waals surface area contributed by atoms with Crippen LogP contribution in [0.25, 0.3) is 22.3 Å². The van der Waals surface area contributed by atoms with E-state index in [1.54, 1.807) is 4.90 Å². The summed E-state index contributed by atoms with van der Waals surface area (Å²) < 4.78 is 12.9. The molecular formula is C19H21N7O3. The normalized spacial score (nSPS) is 22.4. The Balaban J connectivity index is 1.26. The van der Waals surface area contributed by atoms with Crippen molar-refractivity contribution in [2.45, 2.75) is 12.1 Å². The van der Waals surface area contributed by atoms with Gasteiger partial charge in [0.25, 0.3) is 0 Å². The molecule has 1 atom stereocenters. The van der Waals surface area contributed by atoms with Crippen molar-refractivity contribution < 1.29 is 14.1 Å². The van der Waals surface area contributed by atoms with Crippen molar-refractivity contribution in [2.75, 3.05) is 51.3 Å². The molecule has 10 nitrogen and oxygen atoms in total. The fourth-order valence-corrected chi connectivity index (χ4v) is 4.34. The number of benzene rings is 1. The third-order valence-electron chi connectivity index (χ3n) is 6.05. The zero-order valence-electron chi connectivity index (χ0n) is 16.1. The number of urea groups is 1. The summed E-state index contributed by atoms with van der Waals surface area (Å²) in [6, 6.07) is 7.12. The Bertz CT molecular complexity index is 1090. The first-order chi connectivity index (χ1) is 14.2. The summed E-state index contributed by atoms with van der Waals surface area (Å²) in [5.74, 6) is 0.557. The summed E-state index contributed by atoms with van der Waals surface area (Å²) in [7, 11) is 1.84. The molecule has 0 spiro atoms. The SMILES string of the molecule is CN1CC2CN(c3nc(-c4ccc5cnn(C6COC6)c5c4)no3)CCN2C1=O. The van der Waals surface area contributed by atoms with E-state index in [0.717, 1.165) is 23.0 Å². The molecule has 3 fully saturated rings. The molecule has 150 valence electrons. The molecule has 3 aliphatic heterocycles. The van der Waals surface area contributed by atoms with Gasteiger partial charge in [0.1, 0.15) is 0 Å². The van der Waals surface area contributed by atoms with E-state index in [-0.39, 0.29) is 18.1 Å². The molecule has 5 heterocycles. The lowest BCUT2D eigenvalue weighted by molar-refractivity contribution is -0.0266. The predicted molar refractivity (Wildman–Crippen MR) is 104 cm³/mol. The van der Waals surface area contributed by atoms with Crippen LogP contribution >= 0.6 is 0 Å². The first-order valence-corrected chi connectivity index (χ1v) is 9.83. The van der Waals surface area contributed by atoms with Gasteiger partial charge in [-0.1, -0.05) is 17.3 Å². The van der Waals surface area contributed by atoms with Crippen LogP contribution in [0.4, 0.5) is 10.8 Å². The Morgan fingerprint density at radius 1 is 1.14 bits per heavy atom. The van der Waals surface area contributed by atoms with E-state index in [2.05, 4.69) is 26.2 Å². The Morgan fingerprint density at radius 2 is 2.03 bits per heavy atom. The molecule has 0 aliphatic carbocycles. The zero-order chi connectivity index (χ0) is 19.5. The van der Waals surface area contributed by atoms with Crippen molar-refractivity contribution in [3.05, 3.63) is 24.4 Å². The molecule has 0 radical (unpaired) electrons. The van der Waals surface area contributed by atoms with Gasteiger partial charge in [-0.05, 0) is 6.07 Å². The van der Waals surface area contributed by atoms with Gasteiger partial charge in [-0.15, -0.1) is 0 Å². The van der Waals surface area contributed by atoms with Gasteiger partial charge in [-0.25, -0.2) is 4.79 Å². The second-order valence-electron chi connectivity index (χ2n) is 7.91. The lowest BCUT2D eigenvalue weighted by atomic mass is 10.1. The van der Waals surface area contributed by atoms with Crippen molar-refractivity contribution in [2.24, 2.45) is 0 Å². The minimum atomic E-state index is 0.0997. The highest BCUT2D eigenvalue weighted by Gasteiger charge is 2.40. The molecule has 3 aliphatic rings. The minimum Gasteiger partial charge on any atom is -0.377 e. The Hall–Kier alpha value is -3.14. The van der Waals surface area contributed by atoms with Crippen LogP contribution in [-0.2, 0) is 4.74 Å². The van der Waals surface area contributed by atoms with Crippen molar-refractivity contribution >= 4 is 22.9 Å². The van der Waals surface area contributed by atoms with Crippen LogP contribution in [-0.4, -0.2) is 88.2 Å². The highest BCUT2D eigenvalue weighted by molar-refractivity contribution is 5.83. The van der Waals surface area contributed by atoms with Gasteiger partial charge in [-0.2, -0.15) is 10.1 Å². The van der Waals surface area contributed by atoms with Crippen LogP contribution in [0.15, 0.2) is 28.9 Å². The van der Waals surface area contributed by atoms with E-state index < -0.39 is 0 Å². The van der Waals surface area contributed by atoms with Crippen molar-refractivity contribution in [3.8, 4) is 11.4 Å². The summed E-state index contributed by atoms with van der Waals surface area (Å²) in [5, 5.41) is 9.78. The predicted octanol–water partition coefficient (Wildman–Crippen LogP) is 1.21. The van der Waals surface area contributed by atoms with E-state index in [9.17, 15) is 4.79 Å². The standard InChI is InChI=1S/C19H21N7O3/c1-23-8-14-9-24(4-5-25(14)19(23)27)18-21-17(22-29-18)12-2-3-13-7-20-26(16(13)6-12)15-10-28-11-15/h2-3,6-7,14-15H,4-5,8-11H2,1H3. The minimum absolute atomic E-state index is 0.0997. The van der Waals surface area contributed by atoms with E-state index >= 15 is 0 Å². The number of rotatable bonds is 3. The molecule has 0 saturated carbocycles. The average molecular weight is 395 g/mol. The maximum atomic E-state index is 12.1. The van der Waals surface area contributed by atoms with Gasteiger partial charge in [0.2, 0.25) is 5.82 Å². The Kier molecular flexibility index (Phi) is 3.58. The first-order valence-electron chi connectivity index (χ1n) is 9.83. The summed E-state index contributed by atoms with van der Waals surface area (Å²) in [6.07, 6.45) is 1.87. The molecule has 29 heavy (non-hydrogen) atoms. The topological polar surface area (TPSA) is 92.8 Å². The Labute approximate surface area is 166 Å². The maximum Gasteiger partial charge on any atom is 0.324 e. The fourth-order valence-electron chi connectivity index (χ4n) is 4.34. The van der Waals surface area contributed by atoms with Crippen molar-refractivity contribution in [1.82, 2.24) is 29.7 Å². The largest absolute Gasteiger partial charge is 0.377 e. The maximum absolute atomic E-state index is 12.1. The number of hydrogen-bond acceptors (Lipinski definition) is 7. The van der Waals surface area contributed by atoms with Gasteiger partial charge in [0.05, 0.1) is 37.0 Å². The quantitative estimate of drug-likeness (QED) is 0.658.